The van der Waals surface area contributed by atoms with E-state index in [9.17, 15) is 0 Å². The number of anilines is 2. The first-order chi connectivity index (χ1) is 14.5. The van der Waals surface area contributed by atoms with Gasteiger partial charge in [-0.15, -0.1) is 22.4 Å². The van der Waals surface area contributed by atoms with Crippen LogP contribution in [0.4, 0.5) is 10.7 Å². The highest BCUT2D eigenvalue weighted by Crippen LogP contribution is 2.41. The van der Waals surface area contributed by atoms with Gasteiger partial charge in [-0.2, -0.15) is 0 Å². The van der Waals surface area contributed by atoms with E-state index in [0.717, 1.165) is 21.8 Å². The van der Waals surface area contributed by atoms with E-state index < -0.39 is 24.5 Å². The van der Waals surface area contributed by atoms with Gasteiger partial charge in [0, 0.05) is 11.1 Å². The van der Waals surface area contributed by atoms with Crippen LogP contribution in [0.5, 0.6) is 0 Å². The van der Waals surface area contributed by atoms with Crippen molar-refractivity contribution in [1.29, 1.82) is 0 Å². The predicted molar refractivity (Wildman–Crippen MR) is 152 cm³/mol. The Morgan fingerprint density at radius 3 is 1.69 bits per heavy atom. The molecule has 0 fully saturated rings. The molecule has 6 heteroatoms. The molecule has 0 bridgehead atoms. The quantitative estimate of drug-likeness (QED) is 0.239. The van der Waals surface area contributed by atoms with E-state index in [4.69, 9.17) is 4.53 Å². The summed E-state index contributed by atoms with van der Waals surface area (Å²) in [7, 11) is -5.05. The van der Waals surface area contributed by atoms with Crippen molar-refractivity contribution < 1.29 is 4.53 Å². The molecule has 0 spiro atoms. The summed E-state index contributed by atoms with van der Waals surface area (Å²) in [6.45, 7) is 25.0. The van der Waals surface area contributed by atoms with Crippen molar-refractivity contribution in [3.8, 4) is 22.9 Å². The Labute approximate surface area is 203 Å². The molecule has 32 heavy (non-hydrogen) atoms. The minimum atomic E-state index is -2.06. The molecule has 172 valence electrons. The molecule has 1 heterocycles. The molecule has 0 saturated heterocycles. The second-order valence-electron chi connectivity index (χ2n) is 11.9. The molecule has 0 aliphatic rings. The number of hydrogen-bond acceptors (Lipinski definition) is 3. The summed E-state index contributed by atoms with van der Waals surface area (Å²) in [5.74, 6) is 6.89. The van der Waals surface area contributed by atoms with Gasteiger partial charge in [-0.25, -0.2) is 5.06 Å². The maximum Gasteiger partial charge on any atom is 0.229 e. The molecule has 0 atom stereocenters. The van der Waals surface area contributed by atoms with Gasteiger partial charge in [-0.05, 0) is 53.8 Å². The van der Waals surface area contributed by atoms with E-state index in [1.54, 1.807) is 11.3 Å². The van der Waals surface area contributed by atoms with E-state index in [2.05, 4.69) is 132 Å². The van der Waals surface area contributed by atoms with Crippen LogP contribution in [0.15, 0.2) is 35.7 Å². The summed E-state index contributed by atoms with van der Waals surface area (Å²) in [4.78, 5) is 0. The van der Waals surface area contributed by atoms with Gasteiger partial charge in [0.2, 0.25) is 8.32 Å². The standard InChI is InChI=1S/C26H39NOSSi3/c1-26(2,3)32(10,11)28-27(25-13-12-16-29-25)24-20-22(14-17-30(4,5)6)19-23(21-24)15-18-31(7,8)9/h12-13,16,19-21H,1-11H3. The third-order valence-electron chi connectivity index (χ3n) is 5.15. The van der Waals surface area contributed by atoms with Crippen LogP contribution in [0, 0.1) is 22.9 Å². The van der Waals surface area contributed by atoms with E-state index in [1.165, 1.54) is 0 Å². The molecular formula is C26H39NOSSi3. The first-order valence-corrected chi connectivity index (χ1v) is 22.0. The van der Waals surface area contributed by atoms with Crippen LogP contribution in [0.3, 0.4) is 0 Å². The van der Waals surface area contributed by atoms with E-state index in [0.29, 0.717) is 0 Å². The maximum atomic E-state index is 6.84. The number of thiophene rings is 1. The zero-order chi connectivity index (χ0) is 24.4. The number of benzene rings is 1. The van der Waals surface area contributed by atoms with Crippen LogP contribution < -0.4 is 5.06 Å². The van der Waals surface area contributed by atoms with E-state index >= 15 is 0 Å². The Hall–Kier alpha value is -1.55. The second kappa shape index (κ2) is 9.75. The fourth-order valence-corrected chi connectivity index (χ4v) is 5.10. The van der Waals surface area contributed by atoms with Crippen molar-refractivity contribution in [3.05, 3.63) is 46.8 Å². The SMILES string of the molecule is CC(C)(C)[Si](C)(C)ON(c1cc(C#C[Si](C)(C)C)cc(C#C[Si](C)(C)C)c1)c1cccs1. The largest absolute Gasteiger partial charge is 0.314 e. The first kappa shape index (κ1) is 26.7. The smallest absolute Gasteiger partial charge is 0.229 e. The Balaban J connectivity index is 2.67. The summed E-state index contributed by atoms with van der Waals surface area (Å²) in [6, 6.07) is 10.6. The summed E-state index contributed by atoms with van der Waals surface area (Å²) in [5, 5.41) is 5.30. The van der Waals surface area contributed by atoms with Crippen molar-refractivity contribution >= 4 is 46.5 Å². The van der Waals surface area contributed by atoms with Crippen LogP contribution in [0.25, 0.3) is 0 Å². The highest BCUT2D eigenvalue weighted by molar-refractivity contribution is 7.14. The van der Waals surface area contributed by atoms with Crippen LogP contribution >= 0.6 is 11.3 Å². The third-order valence-corrected chi connectivity index (χ3v) is 12.0. The van der Waals surface area contributed by atoms with Gasteiger partial charge >= 0.3 is 0 Å². The molecule has 0 amide bonds. The van der Waals surface area contributed by atoms with Crippen LogP contribution in [0.1, 0.15) is 31.9 Å². The Morgan fingerprint density at radius 2 is 1.31 bits per heavy atom. The highest BCUT2D eigenvalue weighted by atomic mass is 32.1. The lowest BCUT2D eigenvalue weighted by Crippen LogP contribution is -2.45. The normalized spacial score (nSPS) is 12.5. The second-order valence-corrected chi connectivity index (χ2v) is 27.0. The molecule has 0 N–H and O–H groups in total. The van der Waals surface area contributed by atoms with Crippen molar-refractivity contribution in [2.75, 3.05) is 5.06 Å². The number of nitrogens with zero attached hydrogens (tertiary/aromatic N) is 1. The lowest BCUT2D eigenvalue weighted by molar-refractivity contribution is 0.295. The van der Waals surface area contributed by atoms with Crippen molar-refractivity contribution in [2.24, 2.45) is 0 Å². The highest BCUT2D eigenvalue weighted by Gasteiger charge is 2.40. The zero-order valence-corrected chi connectivity index (χ0v) is 25.5. The number of hydrogen-bond donors (Lipinski definition) is 0. The molecule has 2 aromatic rings. The van der Waals surface area contributed by atoms with Gasteiger partial charge in [0.25, 0.3) is 0 Å². The van der Waals surface area contributed by atoms with E-state index in [1.807, 2.05) is 5.06 Å². The Kier molecular flexibility index (Phi) is 8.13. The molecule has 0 unspecified atom stereocenters. The van der Waals surface area contributed by atoms with E-state index in [-0.39, 0.29) is 5.04 Å². The van der Waals surface area contributed by atoms with Crippen LogP contribution in [0.2, 0.25) is 57.4 Å². The minimum absolute atomic E-state index is 0.0955. The molecular weight excluding hydrogens is 459 g/mol. The zero-order valence-electron chi connectivity index (χ0n) is 21.7. The van der Waals surface area contributed by atoms with Gasteiger partial charge in [0.05, 0.1) is 5.69 Å². The van der Waals surface area contributed by atoms with Gasteiger partial charge in [0.1, 0.15) is 21.1 Å². The predicted octanol–water partition coefficient (Wildman–Crippen LogP) is 8.28. The molecule has 0 aliphatic heterocycles. The maximum absolute atomic E-state index is 6.84. The average Bonchev–Trinajstić information content (AvgIpc) is 3.15. The molecule has 2 nitrogen and oxygen atoms in total. The summed E-state index contributed by atoms with van der Waals surface area (Å²) >= 11 is 1.69. The average molecular weight is 498 g/mol. The van der Waals surface area contributed by atoms with Crippen LogP contribution in [-0.2, 0) is 4.53 Å². The number of rotatable bonds is 4. The topological polar surface area (TPSA) is 12.5 Å². The summed E-state index contributed by atoms with van der Waals surface area (Å²) in [6.07, 6.45) is 0. The molecule has 0 radical (unpaired) electrons. The summed E-state index contributed by atoms with van der Waals surface area (Å²) < 4.78 is 6.84. The molecule has 2 rings (SSSR count). The van der Waals surface area contributed by atoms with Gasteiger partial charge in [-0.3, -0.25) is 0 Å². The van der Waals surface area contributed by atoms with Crippen molar-refractivity contribution in [1.82, 2.24) is 0 Å². The Bertz CT molecular complexity index is 997. The Morgan fingerprint density at radius 1 is 0.812 bits per heavy atom. The minimum Gasteiger partial charge on any atom is -0.314 e. The fraction of sp³-hybridized carbons (Fsp3) is 0.462. The molecule has 1 aromatic heterocycles. The molecule has 0 aliphatic carbocycles. The van der Waals surface area contributed by atoms with Crippen LogP contribution in [-0.4, -0.2) is 24.5 Å². The van der Waals surface area contributed by atoms with Crippen molar-refractivity contribution in [3.63, 3.8) is 0 Å². The van der Waals surface area contributed by atoms with Gasteiger partial charge in [0.15, 0.2) is 0 Å². The van der Waals surface area contributed by atoms with Gasteiger partial charge < -0.3 is 4.53 Å². The molecule has 0 saturated carbocycles. The third kappa shape index (κ3) is 8.10. The first-order valence-electron chi connectivity index (χ1n) is 11.2. The lowest BCUT2D eigenvalue weighted by atomic mass is 10.1. The lowest BCUT2D eigenvalue weighted by Gasteiger charge is -2.40. The molecule has 1 aromatic carbocycles. The monoisotopic (exact) mass is 497 g/mol. The summed E-state index contributed by atoms with van der Waals surface area (Å²) in [5.41, 5.74) is 10.0. The van der Waals surface area contributed by atoms with Gasteiger partial charge in [-0.1, -0.05) is 71.9 Å². The van der Waals surface area contributed by atoms with Crippen molar-refractivity contribution in [2.45, 2.75) is 78.2 Å². The fourth-order valence-electron chi connectivity index (χ4n) is 2.37.